The van der Waals surface area contributed by atoms with Crippen LogP contribution >= 0.6 is 0 Å². The van der Waals surface area contributed by atoms with Crippen molar-refractivity contribution in [3.05, 3.63) is 108 Å². The van der Waals surface area contributed by atoms with E-state index in [2.05, 4.69) is 0 Å². The van der Waals surface area contributed by atoms with Gasteiger partial charge in [-0.1, -0.05) is 54.6 Å². The van der Waals surface area contributed by atoms with Crippen LogP contribution < -0.4 is 0 Å². The molecule has 0 unspecified atom stereocenters. The van der Waals surface area contributed by atoms with Gasteiger partial charge in [-0.05, 0) is 36.4 Å². The van der Waals surface area contributed by atoms with Gasteiger partial charge in [-0.2, -0.15) is 0 Å². The van der Waals surface area contributed by atoms with E-state index in [4.69, 9.17) is 14.2 Å². The smallest absolute Gasteiger partial charge is 0.338 e. The lowest BCUT2D eigenvalue weighted by Crippen LogP contribution is -2.49. The molecule has 0 aromatic heterocycles. The monoisotopic (exact) mass is 494 g/mol. The van der Waals surface area contributed by atoms with Crippen LogP contribution in [0, 0.1) is 0 Å². The average molecular weight is 494 g/mol. The molecule has 3 aromatic rings. The van der Waals surface area contributed by atoms with Crippen molar-refractivity contribution in [1.82, 2.24) is 0 Å². The van der Waals surface area contributed by atoms with Gasteiger partial charge in [0.2, 0.25) is 0 Å². The summed E-state index contributed by atoms with van der Waals surface area (Å²) in [7, 11) is 0. The van der Waals surface area contributed by atoms with Gasteiger partial charge in [-0.15, -0.1) is 0 Å². The first-order chi connectivity index (χ1) is 17.4. The van der Waals surface area contributed by atoms with Gasteiger partial charge in [-0.3, -0.25) is 0 Å². The van der Waals surface area contributed by atoms with Crippen molar-refractivity contribution in [3.8, 4) is 0 Å². The molecule has 0 spiro atoms. The molecule has 0 saturated heterocycles. The molecule has 9 nitrogen and oxygen atoms in total. The quantitative estimate of drug-likeness (QED) is 0.270. The lowest BCUT2D eigenvalue weighted by Gasteiger charge is -2.29. The molecule has 0 fully saturated rings. The fourth-order valence-corrected chi connectivity index (χ4v) is 3.16. The van der Waals surface area contributed by atoms with Crippen molar-refractivity contribution >= 4 is 17.9 Å². The van der Waals surface area contributed by atoms with E-state index >= 15 is 0 Å². The van der Waals surface area contributed by atoms with E-state index in [0.29, 0.717) is 0 Å². The van der Waals surface area contributed by atoms with Crippen LogP contribution in [0.25, 0.3) is 0 Å². The predicted octanol–water partition coefficient (Wildman–Crippen LogP) is 2.01. The molecule has 0 saturated carbocycles. The van der Waals surface area contributed by atoms with Crippen molar-refractivity contribution in [1.29, 1.82) is 0 Å². The molecule has 4 atom stereocenters. The second-order valence-corrected chi connectivity index (χ2v) is 7.79. The summed E-state index contributed by atoms with van der Waals surface area (Å²) in [4.78, 5) is 37.0. The van der Waals surface area contributed by atoms with E-state index in [-0.39, 0.29) is 16.7 Å². The molecule has 188 valence electrons. The summed E-state index contributed by atoms with van der Waals surface area (Å²) >= 11 is 0. The maximum atomic E-state index is 12.6. The molecule has 9 heteroatoms. The standard InChI is InChI=1S/C27H26O9/c28-21(16-34-25(31)18-10-4-1-5-11-18)23(29)24(30)22(36-27(33)20-14-8-3-9-15-20)17-35-26(32)19-12-6-2-7-13-19/h1-15,21-24,28-30H,16-17H2/t21-,22+,23+,24+/m0/s1. The zero-order chi connectivity index (χ0) is 25.9. The molecule has 0 amide bonds. The molecule has 3 aromatic carbocycles. The lowest BCUT2D eigenvalue weighted by atomic mass is 10.0. The second kappa shape index (κ2) is 13.1. The minimum Gasteiger partial charge on any atom is -0.459 e. The normalized spacial score (nSPS) is 14.1. The number of hydrogen-bond acceptors (Lipinski definition) is 9. The summed E-state index contributed by atoms with van der Waals surface area (Å²) in [5.74, 6) is -2.32. The molecule has 3 rings (SSSR count). The Hall–Kier alpha value is -4.05. The Morgan fingerprint density at radius 3 is 1.39 bits per heavy atom. The lowest BCUT2D eigenvalue weighted by molar-refractivity contribution is -0.128. The van der Waals surface area contributed by atoms with Gasteiger partial charge in [0.25, 0.3) is 0 Å². The zero-order valence-electron chi connectivity index (χ0n) is 19.2. The zero-order valence-corrected chi connectivity index (χ0v) is 19.2. The number of rotatable bonds is 11. The average Bonchev–Trinajstić information content (AvgIpc) is 2.94. The second-order valence-electron chi connectivity index (χ2n) is 7.79. The summed E-state index contributed by atoms with van der Waals surface area (Å²) < 4.78 is 15.5. The van der Waals surface area contributed by atoms with Crippen LogP contribution in [0.3, 0.4) is 0 Å². The van der Waals surface area contributed by atoms with Crippen molar-refractivity contribution in [2.24, 2.45) is 0 Å². The van der Waals surface area contributed by atoms with E-state index in [9.17, 15) is 29.7 Å². The number of carbonyl (C=O) groups is 3. The summed E-state index contributed by atoms with van der Waals surface area (Å²) in [6.07, 6.45) is -7.06. The molecule has 0 heterocycles. The highest BCUT2D eigenvalue weighted by Gasteiger charge is 2.36. The van der Waals surface area contributed by atoms with E-state index in [1.807, 2.05) is 0 Å². The van der Waals surface area contributed by atoms with Crippen LogP contribution in [-0.4, -0.2) is 70.9 Å². The van der Waals surface area contributed by atoms with Crippen LogP contribution in [0.5, 0.6) is 0 Å². The summed E-state index contributed by atoms with van der Waals surface area (Å²) in [5.41, 5.74) is 0.631. The number of esters is 3. The molecule has 0 aliphatic heterocycles. The fourth-order valence-electron chi connectivity index (χ4n) is 3.16. The van der Waals surface area contributed by atoms with Gasteiger partial charge in [0, 0.05) is 0 Å². The Balaban J connectivity index is 1.66. The molecule has 0 aliphatic carbocycles. The third kappa shape index (κ3) is 7.47. The van der Waals surface area contributed by atoms with Crippen LogP contribution in [-0.2, 0) is 14.2 Å². The maximum Gasteiger partial charge on any atom is 0.338 e. The molecule has 0 radical (unpaired) electrons. The van der Waals surface area contributed by atoms with E-state index < -0.39 is 55.5 Å². The van der Waals surface area contributed by atoms with Crippen LogP contribution in [0.1, 0.15) is 31.1 Å². The SMILES string of the molecule is O=C(OC[C@H](O)[C@@H](O)[C@H](O)[C@@H](COC(=O)c1ccccc1)OC(=O)c1ccccc1)c1ccccc1. The Bertz CT molecular complexity index is 1120. The van der Waals surface area contributed by atoms with Crippen molar-refractivity contribution in [3.63, 3.8) is 0 Å². The first-order valence-corrected chi connectivity index (χ1v) is 11.1. The van der Waals surface area contributed by atoms with Gasteiger partial charge in [-0.25, -0.2) is 14.4 Å². The minimum absolute atomic E-state index is 0.163. The number of benzene rings is 3. The highest BCUT2D eigenvalue weighted by atomic mass is 16.6. The van der Waals surface area contributed by atoms with Crippen LogP contribution in [0.15, 0.2) is 91.0 Å². The fraction of sp³-hybridized carbons (Fsp3) is 0.222. The van der Waals surface area contributed by atoms with Crippen LogP contribution in [0.4, 0.5) is 0 Å². The molecule has 0 aliphatic rings. The highest BCUT2D eigenvalue weighted by molar-refractivity contribution is 5.90. The Kier molecular flexibility index (Phi) is 9.70. The first-order valence-electron chi connectivity index (χ1n) is 11.1. The topological polar surface area (TPSA) is 140 Å². The van der Waals surface area contributed by atoms with E-state index in [1.165, 1.54) is 36.4 Å². The Labute approximate surface area is 207 Å². The number of hydrogen-bond donors (Lipinski definition) is 3. The van der Waals surface area contributed by atoms with Crippen molar-refractivity contribution < 1.29 is 43.9 Å². The van der Waals surface area contributed by atoms with Gasteiger partial charge < -0.3 is 29.5 Å². The Morgan fingerprint density at radius 1 is 0.556 bits per heavy atom. The Morgan fingerprint density at radius 2 is 0.944 bits per heavy atom. The molecule has 3 N–H and O–H groups in total. The maximum absolute atomic E-state index is 12.6. The van der Waals surface area contributed by atoms with E-state index in [0.717, 1.165) is 0 Å². The largest absolute Gasteiger partial charge is 0.459 e. The molecular formula is C27H26O9. The van der Waals surface area contributed by atoms with Gasteiger partial charge in [0.15, 0.2) is 6.10 Å². The number of ether oxygens (including phenoxy) is 3. The third-order valence-corrected chi connectivity index (χ3v) is 5.18. The van der Waals surface area contributed by atoms with Gasteiger partial charge in [0.1, 0.15) is 31.5 Å². The number of aliphatic hydroxyl groups is 3. The molecular weight excluding hydrogens is 468 g/mol. The van der Waals surface area contributed by atoms with E-state index in [1.54, 1.807) is 54.6 Å². The van der Waals surface area contributed by atoms with Gasteiger partial charge >= 0.3 is 17.9 Å². The number of aliphatic hydroxyl groups excluding tert-OH is 3. The van der Waals surface area contributed by atoms with Crippen molar-refractivity contribution in [2.45, 2.75) is 24.4 Å². The summed E-state index contributed by atoms with van der Waals surface area (Å²) in [6, 6.07) is 23.9. The summed E-state index contributed by atoms with van der Waals surface area (Å²) in [5, 5.41) is 31.5. The summed E-state index contributed by atoms with van der Waals surface area (Å²) in [6.45, 7) is -1.25. The predicted molar refractivity (Wildman–Crippen MR) is 127 cm³/mol. The van der Waals surface area contributed by atoms with Crippen LogP contribution in [0.2, 0.25) is 0 Å². The molecule has 0 bridgehead atoms. The first kappa shape index (κ1) is 26.6. The molecule has 36 heavy (non-hydrogen) atoms. The minimum atomic E-state index is -1.91. The third-order valence-electron chi connectivity index (χ3n) is 5.18. The number of carbonyl (C=O) groups excluding carboxylic acids is 3. The van der Waals surface area contributed by atoms with Gasteiger partial charge in [0.05, 0.1) is 16.7 Å². The van der Waals surface area contributed by atoms with Crippen molar-refractivity contribution in [2.75, 3.05) is 13.2 Å². The highest BCUT2D eigenvalue weighted by Crippen LogP contribution is 2.14.